The summed E-state index contributed by atoms with van der Waals surface area (Å²) >= 11 is 5.93. The fourth-order valence-corrected chi connectivity index (χ4v) is 1.21. The normalized spacial score (nSPS) is 10.7. The van der Waals surface area contributed by atoms with Crippen LogP contribution in [0, 0.1) is 6.92 Å². The minimum atomic E-state index is -0.334. The largest absolute Gasteiger partial charge is 0.369 e. The van der Waals surface area contributed by atoms with Crippen molar-refractivity contribution in [3.63, 3.8) is 0 Å². The molecular weight excluding hydrogens is 198 g/mol. The summed E-state index contributed by atoms with van der Waals surface area (Å²) in [5, 5.41) is 0.728. The molecule has 0 spiro atoms. The molecule has 2 N–H and O–H groups in total. The molecular formula is C11H12ClNO. The average Bonchev–Trinajstić information content (AvgIpc) is 2.10. The van der Waals surface area contributed by atoms with Gasteiger partial charge in [0.05, 0.1) is 0 Å². The van der Waals surface area contributed by atoms with Crippen LogP contribution in [0.25, 0.3) is 6.08 Å². The molecule has 1 rings (SSSR count). The van der Waals surface area contributed by atoms with Gasteiger partial charge in [0.2, 0.25) is 5.91 Å². The molecule has 0 aromatic heterocycles. The van der Waals surface area contributed by atoms with Gasteiger partial charge in [-0.25, -0.2) is 0 Å². The first-order valence-electron chi connectivity index (χ1n) is 4.30. The van der Waals surface area contributed by atoms with Gasteiger partial charge >= 0.3 is 0 Å². The maximum Gasteiger partial charge on any atom is 0.221 e. The van der Waals surface area contributed by atoms with Crippen molar-refractivity contribution in [1.29, 1.82) is 0 Å². The van der Waals surface area contributed by atoms with Gasteiger partial charge in [-0.3, -0.25) is 4.79 Å². The van der Waals surface area contributed by atoms with Gasteiger partial charge in [-0.15, -0.1) is 0 Å². The Bertz CT molecular complexity index is 372. The second-order valence-corrected chi connectivity index (χ2v) is 3.49. The van der Waals surface area contributed by atoms with E-state index in [0.29, 0.717) is 0 Å². The first kappa shape index (κ1) is 10.8. The smallest absolute Gasteiger partial charge is 0.221 e. The van der Waals surface area contributed by atoms with Crippen LogP contribution in [0.15, 0.2) is 24.3 Å². The van der Waals surface area contributed by atoms with E-state index in [1.807, 2.05) is 31.2 Å². The number of aryl methyl sites for hydroxylation is 1. The van der Waals surface area contributed by atoms with E-state index in [1.165, 1.54) is 0 Å². The zero-order valence-electron chi connectivity index (χ0n) is 7.96. The quantitative estimate of drug-likeness (QED) is 0.817. The first-order valence-corrected chi connectivity index (χ1v) is 4.68. The fraction of sp³-hybridized carbons (Fsp3) is 0.182. The molecule has 0 fully saturated rings. The van der Waals surface area contributed by atoms with Gasteiger partial charge in [0.15, 0.2) is 0 Å². The molecule has 1 aromatic rings. The molecule has 0 aliphatic heterocycles. The highest BCUT2D eigenvalue weighted by Gasteiger charge is 1.94. The number of primary amides is 1. The number of benzene rings is 1. The van der Waals surface area contributed by atoms with Crippen LogP contribution in [0.2, 0.25) is 5.02 Å². The predicted octanol–water partition coefficient (Wildman–Crippen LogP) is 2.54. The van der Waals surface area contributed by atoms with E-state index in [2.05, 4.69) is 0 Å². The summed E-state index contributed by atoms with van der Waals surface area (Å²) in [5.41, 5.74) is 7.01. The Morgan fingerprint density at radius 2 is 2.29 bits per heavy atom. The topological polar surface area (TPSA) is 43.1 Å². The van der Waals surface area contributed by atoms with Gasteiger partial charge in [-0.2, -0.15) is 0 Å². The molecule has 0 unspecified atom stereocenters. The highest BCUT2D eigenvalue weighted by Crippen LogP contribution is 2.17. The summed E-state index contributed by atoms with van der Waals surface area (Å²) in [6.45, 7) is 1.94. The molecule has 0 aliphatic rings. The molecule has 0 heterocycles. The van der Waals surface area contributed by atoms with Crippen molar-refractivity contribution in [3.8, 4) is 0 Å². The molecule has 0 saturated heterocycles. The Morgan fingerprint density at radius 1 is 1.57 bits per heavy atom. The lowest BCUT2D eigenvalue weighted by atomic mass is 10.1. The molecule has 74 valence electrons. The molecule has 14 heavy (non-hydrogen) atoms. The number of hydrogen-bond acceptors (Lipinski definition) is 1. The van der Waals surface area contributed by atoms with E-state index >= 15 is 0 Å². The van der Waals surface area contributed by atoms with Gasteiger partial charge < -0.3 is 5.73 Å². The molecule has 0 bridgehead atoms. The average molecular weight is 210 g/mol. The maximum absolute atomic E-state index is 10.5. The van der Waals surface area contributed by atoms with Crippen molar-refractivity contribution in [2.75, 3.05) is 0 Å². The SMILES string of the molecule is Cc1ccc(C=CCC(N)=O)cc1Cl. The summed E-state index contributed by atoms with van der Waals surface area (Å²) in [7, 11) is 0. The van der Waals surface area contributed by atoms with Crippen LogP contribution >= 0.6 is 11.6 Å². The lowest BCUT2D eigenvalue weighted by Crippen LogP contribution is -2.07. The van der Waals surface area contributed by atoms with Crippen LogP contribution < -0.4 is 5.73 Å². The van der Waals surface area contributed by atoms with Crippen molar-refractivity contribution in [2.45, 2.75) is 13.3 Å². The van der Waals surface area contributed by atoms with Crippen molar-refractivity contribution >= 4 is 23.6 Å². The lowest BCUT2D eigenvalue weighted by molar-refractivity contribution is -0.117. The van der Waals surface area contributed by atoms with E-state index in [0.717, 1.165) is 16.1 Å². The van der Waals surface area contributed by atoms with Gasteiger partial charge in [-0.05, 0) is 24.1 Å². The van der Waals surface area contributed by atoms with Crippen LogP contribution in [0.1, 0.15) is 17.5 Å². The number of rotatable bonds is 3. The Labute approximate surface area is 88.4 Å². The summed E-state index contributed by atoms with van der Waals surface area (Å²) in [5.74, 6) is -0.334. The number of carbonyl (C=O) groups is 1. The van der Waals surface area contributed by atoms with E-state index in [4.69, 9.17) is 17.3 Å². The summed E-state index contributed by atoms with van der Waals surface area (Å²) < 4.78 is 0. The van der Waals surface area contributed by atoms with Crippen LogP contribution in [0.3, 0.4) is 0 Å². The number of hydrogen-bond donors (Lipinski definition) is 1. The minimum Gasteiger partial charge on any atom is -0.369 e. The third-order valence-electron chi connectivity index (χ3n) is 1.83. The van der Waals surface area contributed by atoms with Gasteiger partial charge in [0.1, 0.15) is 0 Å². The zero-order valence-corrected chi connectivity index (χ0v) is 8.71. The molecule has 1 aromatic carbocycles. The van der Waals surface area contributed by atoms with Gasteiger partial charge in [0.25, 0.3) is 0 Å². The summed E-state index contributed by atoms with van der Waals surface area (Å²) in [6, 6.07) is 5.74. The molecule has 1 amide bonds. The third-order valence-corrected chi connectivity index (χ3v) is 2.23. The van der Waals surface area contributed by atoms with Crippen LogP contribution in [-0.2, 0) is 4.79 Å². The standard InChI is InChI=1S/C11H12ClNO/c1-8-5-6-9(7-10(8)12)3-2-4-11(13)14/h2-3,5-7H,4H2,1H3,(H2,13,14). The van der Waals surface area contributed by atoms with Gasteiger partial charge in [-0.1, -0.05) is 35.9 Å². The number of halogens is 1. The monoisotopic (exact) mass is 209 g/mol. The molecule has 3 heteroatoms. The molecule has 2 nitrogen and oxygen atoms in total. The third kappa shape index (κ3) is 3.23. The van der Waals surface area contributed by atoms with Crippen LogP contribution in [-0.4, -0.2) is 5.91 Å². The van der Waals surface area contributed by atoms with Crippen LogP contribution in [0.4, 0.5) is 0 Å². The Morgan fingerprint density at radius 3 is 2.86 bits per heavy atom. The van der Waals surface area contributed by atoms with E-state index < -0.39 is 0 Å². The summed E-state index contributed by atoms with van der Waals surface area (Å²) in [6.07, 6.45) is 3.81. The minimum absolute atomic E-state index is 0.255. The zero-order chi connectivity index (χ0) is 10.6. The van der Waals surface area contributed by atoms with E-state index in [1.54, 1.807) is 6.08 Å². The second-order valence-electron chi connectivity index (χ2n) is 3.08. The van der Waals surface area contributed by atoms with Crippen molar-refractivity contribution in [1.82, 2.24) is 0 Å². The fourth-order valence-electron chi connectivity index (χ4n) is 1.02. The number of nitrogens with two attached hydrogens (primary N) is 1. The van der Waals surface area contributed by atoms with Crippen LogP contribution in [0.5, 0.6) is 0 Å². The second kappa shape index (κ2) is 4.82. The van der Waals surface area contributed by atoms with E-state index in [-0.39, 0.29) is 12.3 Å². The Hall–Kier alpha value is -1.28. The Kier molecular flexibility index (Phi) is 3.72. The Balaban J connectivity index is 2.73. The predicted molar refractivity (Wildman–Crippen MR) is 59.0 cm³/mol. The summed E-state index contributed by atoms with van der Waals surface area (Å²) in [4.78, 5) is 10.5. The van der Waals surface area contributed by atoms with Crippen molar-refractivity contribution < 1.29 is 4.79 Å². The number of carbonyl (C=O) groups excluding carboxylic acids is 1. The number of amides is 1. The first-order chi connectivity index (χ1) is 6.59. The molecule has 0 saturated carbocycles. The van der Waals surface area contributed by atoms with Gasteiger partial charge in [0, 0.05) is 11.4 Å². The molecule has 0 radical (unpaired) electrons. The molecule has 0 atom stereocenters. The van der Waals surface area contributed by atoms with E-state index in [9.17, 15) is 4.79 Å². The lowest BCUT2D eigenvalue weighted by Gasteiger charge is -1.98. The highest BCUT2D eigenvalue weighted by atomic mass is 35.5. The highest BCUT2D eigenvalue weighted by molar-refractivity contribution is 6.31. The van der Waals surface area contributed by atoms with Crippen molar-refractivity contribution in [2.24, 2.45) is 5.73 Å². The maximum atomic E-state index is 10.5. The molecule has 0 aliphatic carbocycles. The van der Waals surface area contributed by atoms with Crippen molar-refractivity contribution in [3.05, 3.63) is 40.4 Å².